The van der Waals surface area contributed by atoms with Gasteiger partial charge in [-0.05, 0) is 0 Å². The lowest BCUT2D eigenvalue weighted by atomic mass is 10.3. The molecule has 0 aromatic carbocycles. The molecule has 0 heterocycles. The summed E-state index contributed by atoms with van der Waals surface area (Å²) in [7, 11) is -2.17. The van der Waals surface area contributed by atoms with Crippen LogP contribution in [0.3, 0.4) is 0 Å². The van der Waals surface area contributed by atoms with Crippen LogP contribution in [-0.4, -0.2) is 50.8 Å². The van der Waals surface area contributed by atoms with E-state index in [9.17, 15) is 0 Å². The zero-order valence-electron chi connectivity index (χ0n) is 4.27. The molecule has 0 aliphatic rings. The van der Waals surface area contributed by atoms with Gasteiger partial charge in [0.1, 0.15) is 0 Å². The summed E-state index contributed by atoms with van der Waals surface area (Å²) in [5.74, 6) is -0.833. The highest BCUT2D eigenvalue weighted by molar-refractivity contribution is 6.30. The van der Waals surface area contributed by atoms with Crippen LogP contribution in [0.4, 0.5) is 0 Å². The van der Waals surface area contributed by atoms with Crippen LogP contribution in [0.25, 0.3) is 0 Å². The van der Waals surface area contributed by atoms with Crippen molar-refractivity contribution in [1.29, 1.82) is 0 Å². The van der Waals surface area contributed by atoms with Gasteiger partial charge in [0.15, 0.2) is 17.4 Å². The van der Waals surface area contributed by atoms with Crippen LogP contribution in [0.15, 0.2) is 0 Å². The minimum absolute atomic E-state index is 0. The summed E-state index contributed by atoms with van der Waals surface area (Å²) in [5, 5.41) is 28.9. The van der Waals surface area contributed by atoms with Crippen molar-refractivity contribution < 1.29 is 25.0 Å². The van der Waals surface area contributed by atoms with Gasteiger partial charge in [-0.25, -0.2) is 0 Å². The molecule has 0 aliphatic heterocycles. The maximum absolute atomic E-state index is 9.00. The van der Waals surface area contributed by atoms with E-state index < -0.39 is 13.3 Å². The van der Waals surface area contributed by atoms with E-state index in [-0.39, 0.29) is 17.4 Å². The van der Waals surface area contributed by atoms with Gasteiger partial charge in [-0.3, -0.25) is 4.79 Å². The molecule has 4 N–H and O–H groups in total. The maximum Gasteiger partial charge on any atom is 0.631 e. The number of aliphatic carboxylic acids is 1. The van der Waals surface area contributed by atoms with E-state index in [4.69, 9.17) is 25.0 Å². The zero-order chi connectivity index (χ0) is 7.15. The highest BCUT2D eigenvalue weighted by Crippen LogP contribution is 1.42. The van der Waals surface area contributed by atoms with Crippen LogP contribution in [0.5, 0.6) is 0 Å². The Bertz CT molecular complexity index is 59.2. The summed E-state index contributed by atoms with van der Waals surface area (Å²) in [6.45, 7) is 1.08. The first-order chi connectivity index (χ1) is 3.46. The van der Waals surface area contributed by atoms with Crippen molar-refractivity contribution in [2.75, 3.05) is 0 Å². The van der Waals surface area contributed by atoms with Gasteiger partial charge < -0.3 is 20.2 Å². The van der Waals surface area contributed by atoms with E-state index in [2.05, 4.69) is 0 Å². The molecule has 0 fully saturated rings. The molecule has 54 valence electrons. The molecule has 0 aromatic heterocycles. The summed E-state index contributed by atoms with van der Waals surface area (Å²) in [5.41, 5.74) is 0. The Morgan fingerprint density at radius 3 is 1.33 bits per heavy atom. The zero-order valence-corrected chi connectivity index (χ0v) is 4.27. The fourth-order valence-electron chi connectivity index (χ4n) is 0. The van der Waals surface area contributed by atoms with Gasteiger partial charge in [-0.1, -0.05) is 0 Å². The Hall–Kier alpha value is -0.0526. The standard InChI is InChI=1S/C2H4O2.Al.BH3O3.3H/c1-2(3)4;;2-1(3)4;;;/h1H3,(H,3,4);;2-4H;;;. The molecule has 0 aromatic rings. The highest BCUT2D eigenvalue weighted by atomic mass is 27.0. The minimum atomic E-state index is -2.17. The van der Waals surface area contributed by atoms with Gasteiger partial charge in [0.05, 0.1) is 0 Å². The van der Waals surface area contributed by atoms with Gasteiger partial charge in [0.25, 0.3) is 5.97 Å². The Kier molecular flexibility index (Phi) is 19.3. The normalized spacial score (nSPS) is 5.78. The molecule has 0 radical (unpaired) electrons. The van der Waals surface area contributed by atoms with E-state index in [0.29, 0.717) is 0 Å². The first-order valence-corrected chi connectivity index (χ1v) is 1.70. The third-order valence-corrected chi connectivity index (χ3v) is 0. The van der Waals surface area contributed by atoms with Crippen molar-refractivity contribution in [2.24, 2.45) is 0 Å². The van der Waals surface area contributed by atoms with E-state index in [1.165, 1.54) is 0 Å². The lowest BCUT2D eigenvalue weighted by Crippen LogP contribution is -2.07. The molecule has 9 heavy (non-hydrogen) atoms. The second kappa shape index (κ2) is 10.8. The highest BCUT2D eigenvalue weighted by Gasteiger charge is 1.92. The fraction of sp³-hybridized carbons (Fsp3) is 0.500. The molecule has 0 rings (SSSR count). The van der Waals surface area contributed by atoms with Gasteiger partial charge in [0.2, 0.25) is 0 Å². The van der Waals surface area contributed by atoms with E-state index >= 15 is 0 Å². The second-order valence-electron chi connectivity index (χ2n) is 0.865. The van der Waals surface area contributed by atoms with Crippen molar-refractivity contribution in [3.8, 4) is 0 Å². The van der Waals surface area contributed by atoms with Crippen molar-refractivity contribution in [3.63, 3.8) is 0 Å². The lowest BCUT2D eigenvalue weighted by Gasteiger charge is -1.69. The van der Waals surface area contributed by atoms with Gasteiger partial charge in [-0.2, -0.15) is 0 Å². The smallest absolute Gasteiger partial charge is 0.481 e. The Balaban J connectivity index is -0.0000000720. The Morgan fingerprint density at radius 2 is 1.33 bits per heavy atom. The van der Waals surface area contributed by atoms with Crippen LogP contribution < -0.4 is 0 Å². The van der Waals surface area contributed by atoms with Crippen molar-refractivity contribution >= 4 is 30.7 Å². The molecule has 0 aliphatic carbocycles. The summed E-state index contributed by atoms with van der Waals surface area (Å²) in [6, 6.07) is 0. The number of rotatable bonds is 0. The predicted octanol–water partition coefficient (Wildman–Crippen LogP) is -3.14. The molecule has 0 saturated heterocycles. The average molecular weight is 152 g/mol. The third-order valence-electron chi connectivity index (χ3n) is 0. The molecule has 0 atom stereocenters. The fourth-order valence-corrected chi connectivity index (χ4v) is 0. The van der Waals surface area contributed by atoms with Crippen molar-refractivity contribution in [2.45, 2.75) is 6.92 Å². The summed E-state index contributed by atoms with van der Waals surface area (Å²) in [4.78, 5) is 9.00. The molecular weight excluding hydrogens is 142 g/mol. The minimum Gasteiger partial charge on any atom is -0.481 e. The molecule has 0 amide bonds. The number of carboxylic acid groups (broad SMARTS) is 1. The summed E-state index contributed by atoms with van der Waals surface area (Å²) in [6.07, 6.45) is 0. The molecule has 0 spiro atoms. The van der Waals surface area contributed by atoms with Gasteiger partial charge in [0, 0.05) is 6.92 Å². The van der Waals surface area contributed by atoms with Crippen LogP contribution in [0.2, 0.25) is 0 Å². The largest absolute Gasteiger partial charge is 0.631 e. The van der Waals surface area contributed by atoms with Crippen LogP contribution >= 0.6 is 0 Å². The van der Waals surface area contributed by atoms with Crippen LogP contribution in [0.1, 0.15) is 6.92 Å². The second-order valence-corrected chi connectivity index (χ2v) is 0.865. The van der Waals surface area contributed by atoms with E-state index in [1.54, 1.807) is 0 Å². The van der Waals surface area contributed by atoms with Gasteiger partial charge in [-0.15, -0.1) is 0 Å². The molecule has 7 heteroatoms. The predicted molar refractivity (Wildman–Crippen MR) is 35.7 cm³/mol. The Labute approximate surface area is 63.2 Å². The third kappa shape index (κ3) is 102000. The average Bonchev–Trinajstić information content (AvgIpc) is 1.25. The number of carbonyl (C=O) groups is 1. The maximum atomic E-state index is 9.00. The van der Waals surface area contributed by atoms with Crippen molar-refractivity contribution in [1.82, 2.24) is 0 Å². The molecule has 0 saturated carbocycles. The monoisotopic (exact) mass is 152 g/mol. The first-order valence-electron chi connectivity index (χ1n) is 1.70. The molecule has 5 nitrogen and oxygen atoms in total. The number of hydrogen-bond acceptors (Lipinski definition) is 4. The molecule has 0 unspecified atom stereocenters. The quantitative estimate of drug-likeness (QED) is 0.275. The van der Waals surface area contributed by atoms with Crippen molar-refractivity contribution in [3.05, 3.63) is 0 Å². The van der Waals surface area contributed by atoms with Crippen LogP contribution in [0, 0.1) is 0 Å². The van der Waals surface area contributed by atoms with E-state index in [1.807, 2.05) is 0 Å². The Morgan fingerprint density at radius 1 is 1.33 bits per heavy atom. The summed E-state index contributed by atoms with van der Waals surface area (Å²) < 4.78 is 0. The first kappa shape index (κ1) is 16.0. The SMILES string of the molecule is CC(=O)O.OB(O)O.[AlH3]. The molecule has 0 bridgehead atoms. The van der Waals surface area contributed by atoms with Gasteiger partial charge >= 0.3 is 7.32 Å². The van der Waals surface area contributed by atoms with E-state index in [0.717, 1.165) is 6.92 Å². The van der Waals surface area contributed by atoms with Crippen LogP contribution in [-0.2, 0) is 4.79 Å². The number of carboxylic acids is 1. The molecular formula is C2H10AlBO5. The summed E-state index contributed by atoms with van der Waals surface area (Å²) >= 11 is 0. The number of hydrogen-bond donors (Lipinski definition) is 4. The lowest BCUT2D eigenvalue weighted by molar-refractivity contribution is -0.134. The topological polar surface area (TPSA) is 98.0 Å².